The van der Waals surface area contributed by atoms with Crippen LogP contribution in [0.4, 0.5) is 0 Å². The molecule has 0 spiro atoms. The van der Waals surface area contributed by atoms with Crippen LogP contribution in [0.2, 0.25) is 10.0 Å². The van der Waals surface area contributed by atoms with Crippen LogP contribution in [0.5, 0.6) is 0 Å². The Bertz CT molecular complexity index is 2100. The van der Waals surface area contributed by atoms with E-state index in [0.29, 0.717) is 0 Å². The zero-order valence-corrected chi connectivity index (χ0v) is 36.6. The number of hydrogen-bond acceptors (Lipinski definition) is 4. The van der Waals surface area contributed by atoms with Crippen molar-refractivity contribution >= 4 is 55.1 Å². The van der Waals surface area contributed by atoms with Crippen molar-refractivity contribution in [2.24, 2.45) is 0 Å². The van der Waals surface area contributed by atoms with Gasteiger partial charge in [-0.1, -0.05) is 154 Å². The summed E-state index contributed by atoms with van der Waals surface area (Å²) in [5.41, 5.74) is 9.89. The Kier molecular flexibility index (Phi) is 16.2. The standard InChI is InChI=1S/C24H24ClNO.C17H18BrNO.C7H6BrCl/c1-18-7-12-23(25)22(15-18)20-10-8-19(9-11-20)16-26-13-14-27-24(17-26)21-5-3-2-4-6-21;18-16-8-6-14(7-9-16)12-19-10-11-20-17(13-19)15-4-2-1-3-5-15;1-5-2-3-7(9)6(8)4-5/h2-12,15,24H,13-14,16-17H2,1H3;1-9,17H,10-13H2;2-4H,1H3. The number of morpholine rings is 2. The van der Waals surface area contributed by atoms with Gasteiger partial charge in [0.25, 0.3) is 0 Å². The number of nitrogens with zero attached hydrogens (tertiary/aromatic N) is 2. The zero-order valence-electron chi connectivity index (χ0n) is 31.9. The molecule has 2 saturated heterocycles. The van der Waals surface area contributed by atoms with Crippen molar-refractivity contribution in [1.29, 1.82) is 0 Å². The average Bonchev–Trinajstić information content (AvgIpc) is 3.23. The summed E-state index contributed by atoms with van der Waals surface area (Å²) in [5, 5.41) is 1.56. The first-order chi connectivity index (χ1) is 27.2. The Morgan fingerprint density at radius 2 is 1.02 bits per heavy atom. The minimum Gasteiger partial charge on any atom is -0.371 e. The predicted molar refractivity (Wildman–Crippen MR) is 240 cm³/mol. The molecule has 2 aliphatic rings. The summed E-state index contributed by atoms with van der Waals surface area (Å²) >= 11 is 18.9. The highest BCUT2D eigenvalue weighted by Crippen LogP contribution is 2.30. The van der Waals surface area contributed by atoms with Crippen LogP contribution >= 0.6 is 55.1 Å². The van der Waals surface area contributed by atoms with Gasteiger partial charge in [0, 0.05) is 58.8 Å². The maximum atomic E-state index is 6.38. The van der Waals surface area contributed by atoms with Gasteiger partial charge < -0.3 is 9.47 Å². The summed E-state index contributed by atoms with van der Waals surface area (Å²) in [7, 11) is 0. The normalized spacial score (nSPS) is 17.2. The van der Waals surface area contributed by atoms with Gasteiger partial charge in [-0.15, -0.1) is 0 Å². The molecule has 2 unspecified atom stereocenters. The molecule has 6 aromatic rings. The third kappa shape index (κ3) is 12.9. The minimum absolute atomic E-state index is 0.158. The van der Waals surface area contributed by atoms with E-state index in [1.165, 1.54) is 33.4 Å². The lowest BCUT2D eigenvalue weighted by molar-refractivity contribution is -0.0330. The highest BCUT2D eigenvalue weighted by atomic mass is 79.9. The van der Waals surface area contributed by atoms with Crippen LogP contribution in [-0.4, -0.2) is 49.2 Å². The number of hydrogen-bond donors (Lipinski definition) is 0. The fourth-order valence-electron chi connectivity index (χ4n) is 6.79. The largest absolute Gasteiger partial charge is 0.371 e. The summed E-state index contributed by atoms with van der Waals surface area (Å²) in [4.78, 5) is 4.93. The van der Waals surface area contributed by atoms with Gasteiger partial charge in [-0.3, -0.25) is 9.80 Å². The minimum atomic E-state index is 0.158. The third-order valence-corrected chi connectivity index (χ3v) is 11.9. The van der Waals surface area contributed by atoms with E-state index >= 15 is 0 Å². The molecule has 0 saturated carbocycles. The van der Waals surface area contributed by atoms with Crippen molar-refractivity contribution in [3.8, 4) is 11.1 Å². The summed E-state index contributed by atoms with van der Waals surface area (Å²) in [6, 6.07) is 50.3. The maximum Gasteiger partial charge on any atom is 0.0952 e. The van der Waals surface area contributed by atoms with E-state index in [9.17, 15) is 0 Å². The molecular formula is C48H48Br2Cl2N2O2. The number of ether oxygens (including phenoxy) is 2. The number of halogens is 4. The lowest BCUT2D eigenvalue weighted by atomic mass is 10.0. The van der Waals surface area contributed by atoms with Gasteiger partial charge in [-0.25, -0.2) is 0 Å². The Labute approximate surface area is 359 Å². The molecule has 6 aromatic carbocycles. The van der Waals surface area contributed by atoms with Gasteiger partial charge in [0.1, 0.15) is 0 Å². The van der Waals surface area contributed by atoms with Gasteiger partial charge in [0.2, 0.25) is 0 Å². The second-order valence-corrected chi connectivity index (χ2v) is 16.8. The van der Waals surface area contributed by atoms with Crippen LogP contribution in [0.25, 0.3) is 11.1 Å². The molecule has 2 heterocycles. The molecule has 0 bridgehead atoms. The van der Waals surface area contributed by atoms with Crippen molar-refractivity contribution < 1.29 is 9.47 Å². The molecule has 290 valence electrons. The molecule has 2 atom stereocenters. The summed E-state index contributed by atoms with van der Waals surface area (Å²) in [6.07, 6.45) is 0.353. The fraction of sp³-hybridized carbons (Fsp3) is 0.250. The molecule has 4 nitrogen and oxygen atoms in total. The van der Waals surface area contributed by atoms with Crippen molar-refractivity contribution in [3.63, 3.8) is 0 Å². The van der Waals surface area contributed by atoms with Crippen molar-refractivity contribution in [2.75, 3.05) is 39.4 Å². The first-order valence-electron chi connectivity index (χ1n) is 19.0. The van der Waals surface area contributed by atoms with E-state index in [1.807, 2.05) is 49.4 Å². The van der Waals surface area contributed by atoms with E-state index < -0.39 is 0 Å². The fourth-order valence-corrected chi connectivity index (χ4v) is 7.89. The van der Waals surface area contributed by atoms with Crippen LogP contribution < -0.4 is 0 Å². The highest BCUT2D eigenvalue weighted by molar-refractivity contribution is 9.10. The van der Waals surface area contributed by atoms with Gasteiger partial charge in [-0.05, 0) is 99.6 Å². The molecule has 8 heteroatoms. The highest BCUT2D eigenvalue weighted by Gasteiger charge is 2.23. The van der Waals surface area contributed by atoms with Crippen LogP contribution in [0.15, 0.2) is 155 Å². The Hall–Kier alpha value is -3.30. The van der Waals surface area contributed by atoms with E-state index in [-0.39, 0.29) is 12.2 Å². The second-order valence-electron chi connectivity index (χ2n) is 14.2. The maximum absolute atomic E-state index is 6.38. The quantitative estimate of drug-likeness (QED) is 0.159. The zero-order chi connectivity index (χ0) is 39.3. The number of aryl methyl sites for hydroxylation is 2. The van der Waals surface area contributed by atoms with E-state index in [1.54, 1.807) is 0 Å². The van der Waals surface area contributed by atoms with Crippen LogP contribution in [0.3, 0.4) is 0 Å². The Balaban J connectivity index is 0.000000160. The van der Waals surface area contributed by atoms with E-state index in [4.69, 9.17) is 32.7 Å². The lowest BCUT2D eigenvalue weighted by Gasteiger charge is -2.33. The molecule has 0 aliphatic carbocycles. The first-order valence-corrected chi connectivity index (χ1v) is 21.3. The monoisotopic (exact) mass is 912 g/mol. The topological polar surface area (TPSA) is 24.9 Å². The summed E-state index contributed by atoms with van der Waals surface area (Å²) < 4.78 is 14.0. The molecule has 56 heavy (non-hydrogen) atoms. The van der Waals surface area contributed by atoms with Gasteiger partial charge >= 0.3 is 0 Å². The Morgan fingerprint density at radius 1 is 0.554 bits per heavy atom. The molecule has 0 radical (unpaired) electrons. The molecule has 0 amide bonds. The molecule has 8 rings (SSSR count). The van der Waals surface area contributed by atoms with Crippen molar-refractivity contribution in [3.05, 3.63) is 198 Å². The van der Waals surface area contributed by atoms with E-state index in [0.717, 1.165) is 82.6 Å². The van der Waals surface area contributed by atoms with Crippen LogP contribution in [0, 0.1) is 13.8 Å². The molecule has 0 aromatic heterocycles. The van der Waals surface area contributed by atoms with Gasteiger partial charge in [0.15, 0.2) is 0 Å². The number of rotatable bonds is 7. The summed E-state index contributed by atoms with van der Waals surface area (Å²) in [5.74, 6) is 0. The van der Waals surface area contributed by atoms with E-state index in [2.05, 4.69) is 152 Å². The van der Waals surface area contributed by atoms with Crippen LogP contribution in [-0.2, 0) is 22.6 Å². The molecule has 2 fully saturated rings. The van der Waals surface area contributed by atoms with Crippen molar-refractivity contribution in [2.45, 2.75) is 39.1 Å². The Morgan fingerprint density at radius 3 is 1.50 bits per heavy atom. The SMILES string of the molecule is Brc1ccc(CN2CCOC(c3ccccc3)C2)cc1.Cc1ccc(Cl)c(-c2ccc(CN3CCOC(c4ccccc4)C3)cc2)c1.Cc1ccc(Cl)c(Br)c1. The van der Waals surface area contributed by atoms with Crippen molar-refractivity contribution in [1.82, 2.24) is 9.80 Å². The molecule has 2 aliphatic heterocycles. The third-order valence-electron chi connectivity index (χ3n) is 9.83. The van der Waals surface area contributed by atoms with Gasteiger partial charge in [-0.2, -0.15) is 0 Å². The first kappa shape index (κ1) is 42.3. The predicted octanol–water partition coefficient (Wildman–Crippen LogP) is 13.3. The smallest absolute Gasteiger partial charge is 0.0952 e. The molecule has 0 N–H and O–H groups in total. The molecular weight excluding hydrogens is 867 g/mol. The second kappa shape index (κ2) is 21.5. The average molecular weight is 916 g/mol. The van der Waals surface area contributed by atoms with Gasteiger partial charge in [0.05, 0.1) is 30.4 Å². The van der Waals surface area contributed by atoms with Crippen LogP contribution in [0.1, 0.15) is 45.6 Å². The number of benzene rings is 6. The lowest BCUT2D eigenvalue weighted by Crippen LogP contribution is -2.37. The summed E-state index contributed by atoms with van der Waals surface area (Å²) in [6.45, 7) is 11.5.